The van der Waals surface area contributed by atoms with Gasteiger partial charge < -0.3 is 14.2 Å². The van der Waals surface area contributed by atoms with Crippen LogP contribution in [0.15, 0.2) is 47.9 Å². The van der Waals surface area contributed by atoms with E-state index in [0.29, 0.717) is 22.4 Å². The number of hydrogen-bond acceptors (Lipinski definition) is 8. The summed E-state index contributed by atoms with van der Waals surface area (Å²) in [6, 6.07) is 7.86. The molecule has 8 nitrogen and oxygen atoms in total. The summed E-state index contributed by atoms with van der Waals surface area (Å²) in [5.41, 5.74) is 1.03. The lowest BCUT2D eigenvalue weighted by Crippen LogP contribution is -2.04. The minimum Gasteiger partial charge on any atom is -0.496 e. The first-order valence-electron chi connectivity index (χ1n) is 7.18. The zero-order chi connectivity index (χ0) is 17.8. The lowest BCUT2D eigenvalue weighted by atomic mass is 10.1. The van der Waals surface area contributed by atoms with E-state index in [2.05, 4.69) is 15.1 Å². The molecule has 3 rings (SSSR count). The van der Waals surface area contributed by atoms with Crippen LogP contribution in [0.1, 0.15) is 10.4 Å². The molecular weight excluding hydrogens is 326 g/mol. The monoisotopic (exact) mass is 339 g/mol. The predicted octanol–water partition coefficient (Wildman–Crippen LogP) is 3.62. The summed E-state index contributed by atoms with van der Waals surface area (Å²) in [6.07, 6.45) is 2.87. The van der Waals surface area contributed by atoms with Crippen LogP contribution in [0.4, 0.5) is 5.69 Å². The minimum atomic E-state index is -0.534. The number of fused-ring (bicyclic) bond motifs is 1. The number of benzene rings is 1. The zero-order valence-electron chi connectivity index (χ0n) is 13.4. The first kappa shape index (κ1) is 16.3. The summed E-state index contributed by atoms with van der Waals surface area (Å²) in [6.45, 7) is 0. The molecule has 0 bridgehead atoms. The highest BCUT2D eigenvalue weighted by Gasteiger charge is 2.17. The van der Waals surface area contributed by atoms with Crippen molar-refractivity contribution in [1.29, 1.82) is 0 Å². The van der Waals surface area contributed by atoms with E-state index in [1.807, 2.05) is 0 Å². The van der Waals surface area contributed by atoms with E-state index < -0.39 is 5.97 Å². The van der Waals surface area contributed by atoms with Crippen molar-refractivity contribution in [2.75, 3.05) is 14.2 Å². The SMILES string of the molecule is COC(=O)c1cc2c(Oc3ccc(N=O)cn3)ccnc2cc1OC. The normalized spacial score (nSPS) is 10.3. The van der Waals surface area contributed by atoms with Gasteiger partial charge in [-0.2, -0.15) is 0 Å². The molecule has 25 heavy (non-hydrogen) atoms. The summed E-state index contributed by atoms with van der Waals surface area (Å²) in [5.74, 6) is 0.532. The molecule has 0 aliphatic carbocycles. The molecule has 0 aliphatic rings. The second-order valence-electron chi connectivity index (χ2n) is 4.92. The van der Waals surface area contributed by atoms with Gasteiger partial charge in [-0.1, -0.05) is 0 Å². The number of rotatable bonds is 5. The average molecular weight is 339 g/mol. The first-order valence-corrected chi connectivity index (χ1v) is 7.18. The molecule has 0 saturated heterocycles. The van der Waals surface area contributed by atoms with Crippen LogP contribution in [-0.4, -0.2) is 30.2 Å². The van der Waals surface area contributed by atoms with Crippen LogP contribution < -0.4 is 9.47 Å². The molecule has 0 saturated carbocycles. The Morgan fingerprint density at radius 2 is 1.92 bits per heavy atom. The molecule has 0 aliphatic heterocycles. The predicted molar refractivity (Wildman–Crippen MR) is 89.4 cm³/mol. The summed E-state index contributed by atoms with van der Waals surface area (Å²) >= 11 is 0. The van der Waals surface area contributed by atoms with Crippen LogP contribution in [-0.2, 0) is 4.74 Å². The van der Waals surface area contributed by atoms with Crippen molar-refractivity contribution in [3.05, 3.63) is 53.2 Å². The number of aromatic nitrogens is 2. The molecule has 1 aromatic carbocycles. The third-order valence-electron chi connectivity index (χ3n) is 3.47. The summed E-state index contributed by atoms with van der Waals surface area (Å²) in [5, 5.41) is 3.37. The van der Waals surface area contributed by atoms with Gasteiger partial charge >= 0.3 is 5.97 Å². The van der Waals surface area contributed by atoms with Gasteiger partial charge in [0, 0.05) is 23.7 Å². The molecule has 126 valence electrons. The van der Waals surface area contributed by atoms with Crippen molar-refractivity contribution >= 4 is 22.6 Å². The van der Waals surface area contributed by atoms with E-state index in [9.17, 15) is 9.70 Å². The first-order chi connectivity index (χ1) is 12.2. The second-order valence-corrected chi connectivity index (χ2v) is 4.92. The largest absolute Gasteiger partial charge is 0.496 e. The third kappa shape index (κ3) is 3.23. The molecule has 0 N–H and O–H groups in total. The maximum atomic E-state index is 12.0. The highest BCUT2D eigenvalue weighted by molar-refractivity contribution is 5.99. The number of nitrogens with zero attached hydrogens (tertiary/aromatic N) is 3. The summed E-state index contributed by atoms with van der Waals surface area (Å²) in [7, 11) is 2.75. The highest BCUT2D eigenvalue weighted by atomic mass is 16.5. The Morgan fingerprint density at radius 1 is 1.08 bits per heavy atom. The van der Waals surface area contributed by atoms with Crippen LogP contribution in [0.5, 0.6) is 17.4 Å². The standard InChI is InChI=1S/C17H13N3O5/c1-23-15-8-13-11(7-12(15)17(21)24-2)14(5-6-18-13)25-16-4-3-10(20-22)9-19-16/h3-9H,1-2H3. The third-order valence-corrected chi connectivity index (χ3v) is 3.47. The molecule has 0 radical (unpaired) electrons. The maximum Gasteiger partial charge on any atom is 0.341 e. The number of methoxy groups -OCH3 is 2. The number of pyridine rings is 2. The van der Waals surface area contributed by atoms with E-state index in [4.69, 9.17) is 14.2 Å². The fraction of sp³-hybridized carbons (Fsp3) is 0.118. The Balaban J connectivity index is 2.08. The highest BCUT2D eigenvalue weighted by Crippen LogP contribution is 2.33. The Kier molecular flexibility index (Phi) is 4.51. The molecular formula is C17H13N3O5. The summed E-state index contributed by atoms with van der Waals surface area (Å²) in [4.78, 5) is 30.7. The van der Waals surface area contributed by atoms with Crippen LogP contribution in [0.2, 0.25) is 0 Å². The molecule has 2 heterocycles. The quantitative estimate of drug-likeness (QED) is 0.517. The van der Waals surface area contributed by atoms with Crippen molar-refractivity contribution < 1.29 is 19.0 Å². The van der Waals surface area contributed by atoms with Crippen LogP contribution >= 0.6 is 0 Å². The fourth-order valence-electron chi connectivity index (χ4n) is 2.28. The zero-order valence-corrected chi connectivity index (χ0v) is 13.4. The average Bonchev–Trinajstić information content (AvgIpc) is 2.67. The topological polar surface area (TPSA) is 100.0 Å². The molecule has 3 aromatic rings. The number of carbonyl (C=O) groups is 1. The molecule has 0 spiro atoms. The van der Waals surface area contributed by atoms with Crippen molar-refractivity contribution in [3.8, 4) is 17.4 Å². The number of hydrogen-bond donors (Lipinski definition) is 0. The van der Waals surface area contributed by atoms with Gasteiger partial charge in [-0.25, -0.2) is 9.78 Å². The van der Waals surface area contributed by atoms with Crippen LogP contribution in [0, 0.1) is 4.91 Å². The summed E-state index contributed by atoms with van der Waals surface area (Å²) < 4.78 is 15.8. The molecule has 0 fully saturated rings. The van der Waals surface area contributed by atoms with Crippen molar-refractivity contribution in [3.63, 3.8) is 0 Å². The van der Waals surface area contributed by atoms with Crippen molar-refractivity contribution in [2.45, 2.75) is 0 Å². The second kappa shape index (κ2) is 6.91. The van der Waals surface area contributed by atoms with Crippen LogP contribution in [0.25, 0.3) is 10.9 Å². The number of carbonyl (C=O) groups excluding carboxylic acids is 1. The Hall–Kier alpha value is -3.55. The molecule has 0 unspecified atom stereocenters. The fourth-order valence-corrected chi connectivity index (χ4v) is 2.28. The molecule has 0 atom stereocenters. The number of nitroso groups, excluding NO2 is 1. The number of ether oxygens (including phenoxy) is 3. The van der Waals surface area contributed by atoms with E-state index in [1.165, 1.54) is 32.5 Å². The Labute approximate surface area is 142 Å². The molecule has 2 aromatic heterocycles. The van der Waals surface area contributed by atoms with Crippen LogP contribution in [0.3, 0.4) is 0 Å². The smallest absolute Gasteiger partial charge is 0.341 e. The molecule has 8 heteroatoms. The lowest BCUT2D eigenvalue weighted by Gasteiger charge is -2.11. The van der Waals surface area contributed by atoms with Crippen molar-refractivity contribution in [2.24, 2.45) is 5.18 Å². The van der Waals surface area contributed by atoms with Gasteiger partial charge in [0.15, 0.2) is 0 Å². The van der Waals surface area contributed by atoms with Gasteiger partial charge in [0.05, 0.1) is 25.9 Å². The minimum absolute atomic E-state index is 0.199. The van der Waals surface area contributed by atoms with Gasteiger partial charge in [-0.3, -0.25) is 4.98 Å². The Morgan fingerprint density at radius 3 is 2.56 bits per heavy atom. The van der Waals surface area contributed by atoms with Gasteiger partial charge in [0.25, 0.3) is 0 Å². The lowest BCUT2D eigenvalue weighted by molar-refractivity contribution is 0.0597. The van der Waals surface area contributed by atoms with Gasteiger partial charge in [0.1, 0.15) is 22.7 Å². The van der Waals surface area contributed by atoms with E-state index in [0.717, 1.165) is 0 Å². The Bertz CT molecular complexity index is 941. The maximum absolute atomic E-state index is 12.0. The van der Waals surface area contributed by atoms with E-state index in [-0.39, 0.29) is 17.1 Å². The van der Waals surface area contributed by atoms with E-state index in [1.54, 1.807) is 24.4 Å². The van der Waals surface area contributed by atoms with Crippen molar-refractivity contribution in [1.82, 2.24) is 9.97 Å². The van der Waals surface area contributed by atoms with Gasteiger partial charge in [0.2, 0.25) is 5.88 Å². The number of esters is 1. The van der Waals surface area contributed by atoms with Gasteiger partial charge in [-0.05, 0) is 23.4 Å². The molecule has 0 amide bonds. The van der Waals surface area contributed by atoms with E-state index >= 15 is 0 Å². The van der Waals surface area contributed by atoms with Gasteiger partial charge in [-0.15, -0.1) is 4.91 Å².